The molecule has 0 N–H and O–H groups in total. The van der Waals surface area contributed by atoms with Crippen LogP contribution in [-0.4, -0.2) is 19.7 Å². The Morgan fingerprint density at radius 3 is 1.96 bits per heavy atom. The highest BCUT2D eigenvalue weighted by molar-refractivity contribution is 5.69. The smallest absolute Gasteiger partial charge is 0.189 e. The molecule has 0 saturated carbocycles. The molecule has 0 aromatic carbocycles. The Kier molecular flexibility index (Phi) is 18.5. The molecule has 0 aliphatic carbocycles. The first-order valence-corrected chi connectivity index (χ1v) is 9.71. The topological polar surface area (TPSA) is 35.5 Å². The summed E-state index contributed by atoms with van der Waals surface area (Å²) in [6.45, 7) is 5.34. The lowest BCUT2D eigenvalue weighted by Gasteiger charge is -2.06. The SMILES string of the molecule is CCCCCCCCCC/C=C(\C=O)OCOCCCCCC. The van der Waals surface area contributed by atoms with E-state index in [1.165, 1.54) is 64.2 Å². The third-order valence-corrected chi connectivity index (χ3v) is 3.97. The van der Waals surface area contributed by atoms with Gasteiger partial charge in [0.1, 0.15) is 0 Å². The number of carbonyl (C=O) groups is 1. The van der Waals surface area contributed by atoms with E-state index < -0.39 is 0 Å². The maximum atomic E-state index is 10.9. The van der Waals surface area contributed by atoms with Crippen LogP contribution in [0, 0.1) is 0 Å². The van der Waals surface area contributed by atoms with Crippen LogP contribution in [0.4, 0.5) is 0 Å². The van der Waals surface area contributed by atoms with E-state index in [9.17, 15) is 4.79 Å². The van der Waals surface area contributed by atoms with Gasteiger partial charge in [0.05, 0.1) is 6.61 Å². The molecule has 0 aromatic heterocycles. The van der Waals surface area contributed by atoms with E-state index >= 15 is 0 Å². The third kappa shape index (κ3) is 17.4. The molecule has 136 valence electrons. The van der Waals surface area contributed by atoms with Gasteiger partial charge in [0, 0.05) is 0 Å². The zero-order valence-electron chi connectivity index (χ0n) is 15.5. The Bertz CT molecular complexity index is 274. The van der Waals surface area contributed by atoms with Gasteiger partial charge < -0.3 is 9.47 Å². The number of hydrogen-bond acceptors (Lipinski definition) is 3. The lowest BCUT2D eigenvalue weighted by atomic mass is 10.1. The second-order valence-corrected chi connectivity index (χ2v) is 6.22. The van der Waals surface area contributed by atoms with Gasteiger partial charge in [-0.1, -0.05) is 78.1 Å². The molecule has 23 heavy (non-hydrogen) atoms. The van der Waals surface area contributed by atoms with Crippen LogP contribution < -0.4 is 0 Å². The first-order chi connectivity index (χ1) is 11.3. The summed E-state index contributed by atoms with van der Waals surface area (Å²) in [4.78, 5) is 10.9. The lowest BCUT2D eigenvalue weighted by Crippen LogP contribution is -2.02. The zero-order valence-corrected chi connectivity index (χ0v) is 15.5. The molecule has 0 aliphatic rings. The monoisotopic (exact) mass is 326 g/mol. The third-order valence-electron chi connectivity index (χ3n) is 3.97. The molecule has 3 heteroatoms. The molecule has 0 aromatic rings. The Morgan fingerprint density at radius 2 is 1.35 bits per heavy atom. The van der Waals surface area contributed by atoms with Gasteiger partial charge in [0.2, 0.25) is 0 Å². The highest BCUT2D eigenvalue weighted by atomic mass is 16.7. The predicted octanol–water partition coefficient (Wildman–Crippen LogP) is 6.17. The molecular weight excluding hydrogens is 288 g/mol. The number of rotatable bonds is 18. The number of hydrogen-bond donors (Lipinski definition) is 0. The molecule has 0 heterocycles. The van der Waals surface area contributed by atoms with Crippen LogP contribution in [0.5, 0.6) is 0 Å². The van der Waals surface area contributed by atoms with Crippen molar-refractivity contribution in [3.05, 3.63) is 11.8 Å². The number of aldehydes is 1. The van der Waals surface area contributed by atoms with Crippen molar-refractivity contribution < 1.29 is 14.3 Å². The molecule has 0 rings (SSSR count). The second kappa shape index (κ2) is 19.2. The van der Waals surface area contributed by atoms with Crippen molar-refractivity contribution in [3.63, 3.8) is 0 Å². The summed E-state index contributed by atoms with van der Waals surface area (Å²) in [6.07, 6.45) is 18.8. The van der Waals surface area contributed by atoms with E-state index in [1.807, 2.05) is 6.08 Å². The Balaban J connectivity index is 3.44. The van der Waals surface area contributed by atoms with Crippen molar-refractivity contribution in [2.75, 3.05) is 13.4 Å². The molecule has 0 fully saturated rings. The van der Waals surface area contributed by atoms with Crippen molar-refractivity contribution in [2.45, 2.75) is 97.3 Å². The van der Waals surface area contributed by atoms with Crippen molar-refractivity contribution in [3.8, 4) is 0 Å². The largest absolute Gasteiger partial charge is 0.464 e. The van der Waals surface area contributed by atoms with Crippen LogP contribution in [0.3, 0.4) is 0 Å². The molecule has 0 unspecified atom stereocenters. The number of unbranched alkanes of at least 4 members (excludes halogenated alkanes) is 11. The summed E-state index contributed by atoms with van der Waals surface area (Å²) in [6, 6.07) is 0. The molecule has 0 radical (unpaired) electrons. The Labute approximate surface area is 143 Å². The molecule has 0 amide bonds. The number of allylic oxidation sites excluding steroid dienone is 2. The minimum atomic E-state index is 0.189. The summed E-state index contributed by atoms with van der Waals surface area (Å²) in [5, 5.41) is 0. The Morgan fingerprint density at radius 1 is 0.783 bits per heavy atom. The lowest BCUT2D eigenvalue weighted by molar-refractivity contribution is -0.111. The molecular formula is C20H38O3. The highest BCUT2D eigenvalue weighted by Crippen LogP contribution is 2.10. The van der Waals surface area contributed by atoms with E-state index in [0.29, 0.717) is 12.4 Å². The summed E-state index contributed by atoms with van der Waals surface area (Å²) >= 11 is 0. The summed E-state index contributed by atoms with van der Waals surface area (Å²) in [7, 11) is 0. The van der Waals surface area contributed by atoms with E-state index in [-0.39, 0.29) is 6.79 Å². The molecule has 0 saturated heterocycles. The van der Waals surface area contributed by atoms with E-state index in [1.54, 1.807) is 0 Å². The van der Waals surface area contributed by atoms with Gasteiger partial charge in [-0.2, -0.15) is 0 Å². The van der Waals surface area contributed by atoms with Crippen molar-refractivity contribution in [1.82, 2.24) is 0 Å². The van der Waals surface area contributed by atoms with Gasteiger partial charge in [-0.25, -0.2) is 0 Å². The number of carbonyl (C=O) groups excluding carboxylic acids is 1. The molecule has 0 atom stereocenters. The quantitative estimate of drug-likeness (QED) is 0.0993. The van der Waals surface area contributed by atoms with Gasteiger partial charge in [-0.3, -0.25) is 4.79 Å². The van der Waals surface area contributed by atoms with Crippen LogP contribution in [0.25, 0.3) is 0 Å². The summed E-state index contributed by atoms with van der Waals surface area (Å²) in [5.41, 5.74) is 0. The fourth-order valence-electron chi connectivity index (χ4n) is 2.46. The van der Waals surface area contributed by atoms with Crippen molar-refractivity contribution in [1.29, 1.82) is 0 Å². The maximum Gasteiger partial charge on any atom is 0.189 e. The van der Waals surface area contributed by atoms with Crippen molar-refractivity contribution in [2.24, 2.45) is 0 Å². The normalized spacial score (nSPS) is 11.7. The standard InChI is InChI=1S/C20H38O3/c1-3-5-7-9-10-11-12-13-14-16-20(18-21)23-19-22-17-15-8-6-4-2/h16,18H,3-15,17,19H2,1-2H3/b20-16+. The minimum Gasteiger partial charge on any atom is -0.464 e. The zero-order chi connectivity index (χ0) is 17.0. The molecule has 0 spiro atoms. The van der Waals surface area contributed by atoms with Gasteiger partial charge in [-0.15, -0.1) is 0 Å². The number of ether oxygens (including phenoxy) is 2. The van der Waals surface area contributed by atoms with Crippen molar-refractivity contribution >= 4 is 6.29 Å². The highest BCUT2D eigenvalue weighted by Gasteiger charge is 1.97. The summed E-state index contributed by atoms with van der Waals surface area (Å²) < 4.78 is 10.7. The van der Waals surface area contributed by atoms with Crippen LogP contribution in [-0.2, 0) is 14.3 Å². The molecule has 0 aliphatic heterocycles. The van der Waals surface area contributed by atoms with E-state index in [4.69, 9.17) is 9.47 Å². The van der Waals surface area contributed by atoms with Gasteiger partial charge in [-0.05, 0) is 25.3 Å². The van der Waals surface area contributed by atoms with Crippen LogP contribution in [0.1, 0.15) is 97.3 Å². The van der Waals surface area contributed by atoms with E-state index in [0.717, 1.165) is 25.5 Å². The fourth-order valence-corrected chi connectivity index (χ4v) is 2.46. The van der Waals surface area contributed by atoms with Gasteiger partial charge in [0.25, 0.3) is 0 Å². The van der Waals surface area contributed by atoms with Gasteiger partial charge in [0.15, 0.2) is 18.8 Å². The Hall–Kier alpha value is -0.830. The van der Waals surface area contributed by atoms with Crippen LogP contribution in [0.15, 0.2) is 11.8 Å². The first-order valence-electron chi connectivity index (χ1n) is 9.71. The molecule has 0 bridgehead atoms. The first kappa shape index (κ1) is 22.2. The summed E-state index contributed by atoms with van der Waals surface area (Å²) in [5.74, 6) is 0.418. The predicted molar refractivity (Wildman–Crippen MR) is 97.4 cm³/mol. The average Bonchev–Trinajstić information content (AvgIpc) is 2.57. The molecule has 3 nitrogen and oxygen atoms in total. The van der Waals surface area contributed by atoms with Gasteiger partial charge >= 0.3 is 0 Å². The van der Waals surface area contributed by atoms with Crippen LogP contribution >= 0.6 is 0 Å². The maximum absolute atomic E-state index is 10.9. The average molecular weight is 327 g/mol. The minimum absolute atomic E-state index is 0.189. The van der Waals surface area contributed by atoms with Crippen LogP contribution in [0.2, 0.25) is 0 Å². The second-order valence-electron chi connectivity index (χ2n) is 6.22. The van der Waals surface area contributed by atoms with E-state index in [2.05, 4.69) is 13.8 Å². The fraction of sp³-hybridized carbons (Fsp3) is 0.850.